The molecule has 2 aromatic rings. The SMILES string of the molecule is COC(=O)c1ccc(Cl)c(NC(=O)c2nc(C)cs2)c1. The number of hydrogen-bond donors (Lipinski definition) is 1. The van der Waals surface area contributed by atoms with Crippen LogP contribution in [0.5, 0.6) is 0 Å². The second kappa shape index (κ2) is 6.02. The Kier molecular flexibility index (Phi) is 4.36. The number of hydrogen-bond acceptors (Lipinski definition) is 5. The maximum Gasteiger partial charge on any atom is 0.337 e. The van der Waals surface area contributed by atoms with Crippen LogP contribution in [0, 0.1) is 6.92 Å². The Morgan fingerprint density at radius 3 is 2.75 bits per heavy atom. The molecule has 5 nitrogen and oxygen atoms in total. The van der Waals surface area contributed by atoms with Crippen molar-refractivity contribution in [3.8, 4) is 0 Å². The normalized spacial score (nSPS) is 10.2. The molecule has 104 valence electrons. The van der Waals surface area contributed by atoms with Crippen molar-refractivity contribution < 1.29 is 14.3 Å². The van der Waals surface area contributed by atoms with E-state index in [1.165, 1.54) is 36.6 Å². The van der Waals surface area contributed by atoms with Crippen LogP contribution >= 0.6 is 22.9 Å². The van der Waals surface area contributed by atoms with Crippen LogP contribution in [-0.2, 0) is 4.74 Å². The fourth-order valence-corrected chi connectivity index (χ4v) is 2.35. The molecule has 0 atom stereocenters. The Morgan fingerprint density at radius 1 is 1.40 bits per heavy atom. The van der Waals surface area contributed by atoms with Gasteiger partial charge in [0.2, 0.25) is 0 Å². The molecule has 0 saturated carbocycles. The fourth-order valence-electron chi connectivity index (χ4n) is 1.50. The zero-order valence-electron chi connectivity index (χ0n) is 10.8. The third-order valence-corrected chi connectivity index (χ3v) is 3.74. The molecular formula is C13H11ClN2O3S. The van der Waals surface area contributed by atoms with E-state index >= 15 is 0 Å². The molecule has 0 unspecified atom stereocenters. The lowest BCUT2D eigenvalue weighted by molar-refractivity contribution is 0.0600. The van der Waals surface area contributed by atoms with Gasteiger partial charge < -0.3 is 10.1 Å². The lowest BCUT2D eigenvalue weighted by Gasteiger charge is -2.07. The minimum Gasteiger partial charge on any atom is -0.465 e. The summed E-state index contributed by atoms with van der Waals surface area (Å²) < 4.78 is 4.62. The molecule has 7 heteroatoms. The Bertz CT molecular complexity index is 669. The van der Waals surface area contributed by atoms with E-state index in [1.54, 1.807) is 12.3 Å². The average molecular weight is 311 g/mol. The molecule has 20 heavy (non-hydrogen) atoms. The number of aromatic nitrogens is 1. The molecule has 1 heterocycles. The lowest BCUT2D eigenvalue weighted by atomic mass is 10.2. The first kappa shape index (κ1) is 14.5. The number of benzene rings is 1. The predicted molar refractivity (Wildman–Crippen MR) is 77.6 cm³/mol. The highest BCUT2D eigenvalue weighted by Gasteiger charge is 2.14. The highest BCUT2D eigenvalue weighted by Crippen LogP contribution is 2.24. The summed E-state index contributed by atoms with van der Waals surface area (Å²) in [5.41, 5.74) is 1.42. The van der Waals surface area contributed by atoms with Gasteiger partial charge in [-0.25, -0.2) is 9.78 Å². The number of methoxy groups -OCH3 is 1. The molecule has 0 fully saturated rings. The van der Waals surface area contributed by atoms with Gasteiger partial charge in [-0.2, -0.15) is 0 Å². The molecule has 1 aromatic heterocycles. The van der Waals surface area contributed by atoms with E-state index < -0.39 is 5.97 Å². The van der Waals surface area contributed by atoms with E-state index in [9.17, 15) is 9.59 Å². The van der Waals surface area contributed by atoms with Crippen LogP contribution in [0.15, 0.2) is 23.6 Å². The van der Waals surface area contributed by atoms with Gasteiger partial charge in [0.25, 0.3) is 5.91 Å². The monoisotopic (exact) mass is 310 g/mol. The molecular weight excluding hydrogens is 300 g/mol. The van der Waals surface area contributed by atoms with E-state index in [1.807, 2.05) is 0 Å². The Morgan fingerprint density at radius 2 is 2.15 bits per heavy atom. The number of halogens is 1. The fraction of sp³-hybridized carbons (Fsp3) is 0.154. The average Bonchev–Trinajstić information content (AvgIpc) is 2.87. The summed E-state index contributed by atoms with van der Waals surface area (Å²) in [4.78, 5) is 27.5. The van der Waals surface area contributed by atoms with Crippen LogP contribution in [0.3, 0.4) is 0 Å². The van der Waals surface area contributed by atoms with Crippen LogP contribution in [-0.4, -0.2) is 24.0 Å². The number of thiazole rings is 1. The van der Waals surface area contributed by atoms with Crippen molar-refractivity contribution in [2.45, 2.75) is 6.92 Å². The van der Waals surface area contributed by atoms with E-state index in [4.69, 9.17) is 11.6 Å². The molecule has 0 radical (unpaired) electrons. The number of ether oxygens (including phenoxy) is 1. The number of carbonyl (C=O) groups excluding carboxylic acids is 2. The number of aryl methyl sites for hydroxylation is 1. The maximum atomic E-state index is 12.0. The van der Waals surface area contributed by atoms with E-state index in [0.29, 0.717) is 21.3 Å². The minimum absolute atomic E-state index is 0.308. The molecule has 0 spiro atoms. The van der Waals surface area contributed by atoms with Crippen LogP contribution in [0.25, 0.3) is 0 Å². The Labute approximate surface area is 124 Å². The largest absolute Gasteiger partial charge is 0.465 e. The van der Waals surface area contributed by atoms with Gasteiger partial charge in [0.1, 0.15) is 0 Å². The molecule has 2 rings (SSSR count). The Balaban J connectivity index is 2.24. The third kappa shape index (κ3) is 3.15. The number of anilines is 1. The van der Waals surface area contributed by atoms with Gasteiger partial charge in [0.15, 0.2) is 5.01 Å². The van der Waals surface area contributed by atoms with Gasteiger partial charge in [-0.1, -0.05) is 11.6 Å². The van der Waals surface area contributed by atoms with Gasteiger partial charge >= 0.3 is 5.97 Å². The molecule has 0 aliphatic carbocycles. The van der Waals surface area contributed by atoms with Crippen molar-refractivity contribution in [3.63, 3.8) is 0 Å². The molecule has 0 saturated heterocycles. The van der Waals surface area contributed by atoms with Crippen LogP contribution < -0.4 is 5.32 Å². The number of nitrogens with zero attached hydrogens (tertiary/aromatic N) is 1. The van der Waals surface area contributed by atoms with Crippen LogP contribution in [0.1, 0.15) is 25.9 Å². The van der Waals surface area contributed by atoms with Crippen molar-refractivity contribution in [2.75, 3.05) is 12.4 Å². The first-order valence-electron chi connectivity index (χ1n) is 5.62. The van der Waals surface area contributed by atoms with Gasteiger partial charge in [0, 0.05) is 11.1 Å². The quantitative estimate of drug-likeness (QED) is 0.884. The van der Waals surface area contributed by atoms with E-state index in [-0.39, 0.29) is 5.91 Å². The topological polar surface area (TPSA) is 68.3 Å². The maximum absolute atomic E-state index is 12.0. The highest BCUT2D eigenvalue weighted by molar-refractivity contribution is 7.11. The van der Waals surface area contributed by atoms with Crippen LogP contribution in [0.2, 0.25) is 5.02 Å². The molecule has 1 aromatic carbocycles. The van der Waals surface area contributed by atoms with E-state index in [0.717, 1.165) is 5.69 Å². The van der Waals surface area contributed by atoms with Crippen molar-refractivity contribution in [1.29, 1.82) is 0 Å². The number of nitrogens with one attached hydrogen (secondary N) is 1. The summed E-state index contributed by atoms with van der Waals surface area (Å²) >= 11 is 7.24. The zero-order valence-corrected chi connectivity index (χ0v) is 12.3. The Hall–Kier alpha value is -1.92. The summed E-state index contributed by atoms with van der Waals surface area (Å²) in [5, 5.41) is 5.08. The van der Waals surface area contributed by atoms with Gasteiger partial charge in [-0.05, 0) is 25.1 Å². The molecule has 1 N–H and O–H groups in total. The highest BCUT2D eigenvalue weighted by atomic mass is 35.5. The summed E-state index contributed by atoms with van der Waals surface area (Å²) in [5.74, 6) is -0.866. The van der Waals surface area contributed by atoms with Crippen molar-refractivity contribution in [3.05, 3.63) is 44.9 Å². The number of esters is 1. The molecule has 0 aliphatic rings. The number of carbonyl (C=O) groups is 2. The number of rotatable bonds is 3. The molecule has 0 aliphatic heterocycles. The summed E-state index contributed by atoms with van der Waals surface area (Å²) in [6, 6.07) is 4.51. The summed E-state index contributed by atoms with van der Waals surface area (Å²) in [7, 11) is 1.29. The smallest absolute Gasteiger partial charge is 0.337 e. The second-order valence-electron chi connectivity index (χ2n) is 3.93. The van der Waals surface area contributed by atoms with Crippen molar-refractivity contribution in [2.24, 2.45) is 0 Å². The van der Waals surface area contributed by atoms with E-state index in [2.05, 4.69) is 15.0 Å². The zero-order chi connectivity index (χ0) is 14.7. The van der Waals surface area contributed by atoms with Gasteiger partial charge in [-0.3, -0.25) is 4.79 Å². The second-order valence-corrected chi connectivity index (χ2v) is 5.20. The molecule has 0 bridgehead atoms. The molecule has 1 amide bonds. The van der Waals surface area contributed by atoms with Gasteiger partial charge in [0.05, 0.1) is 23.4 Å². The van der Waals surface area contributed by atoms with Crippen molar-refractivity contribution >= 4 is 40.5 Å². The number of amides is 1. The standard InChI is InChI=1S/C13H11ClN2O3S/c1-7-6-20-12(15-7)11(17)16-10-5-8(13(18)19-2)3-4-9(10)14/h3-6H,1-2H3,(H,16,17). The lowest BCUT2D eigenvalue weighted by Crippen LogP contribution is -2.13. The van der Waals surface area contributed by atoms with Gasteiger partial charge in [-0.15, -0.1) is 11.3 Å². The third-order valence-electron chi connectivity index (χ3n) is 2.45. The first-order valence-corrected chi connectivity index (χ1v) is 6.88. The summed E-state index contributed by atoms with van der Waals surface area (Å²) in [6.45, 7) is 1.80. The van der Waals surface area contributed by atoms with Crippen LogP contribution in [0.4, 0.5) is 5.69 Å². The summed E-state index contributed by atoms with van der Waals surface area (Å²) in [6.07, 6.45) is 0. The minimum atomic E-state index is -0.498. The van der Waals surface area contributed by atoms with Crippen molar-refractivity contribution in [1.82, 2.24) is 4.98 Å². The first-order chi connectivity index (χ1) is 9.51. The predicted octanol–water partition coefficient (Wildman–Crippen LogP) is 3.14.